The zero-order valence-corrected chi connectivity index (χ0v) is 11.3. The van der Waals surface area contributed by atoms with Gasteiger partial charge >= 0.3 is 0 Å². The predicted octanol–water partition coefficient (Wildman–Crippen LogP) is 3.32. The fourth-order valence-corrected chi connectivity index (χ4v) is 2.23. The maximum atomic E-state index is 4.54. The maximum absolute atomic E-state index is 4.54. The molecule has 0 radical (unpaired) electrons. The zero-order chi connectivity index (χ0) is 11.4. The molecule has 0 atom stereocenters. The molecule has 0 amide bonds. The normalized spacial score (nSPS) is 18.0. The Morgan fingerprint density at radius 2 is 1.75 bits per heavy atom. The third-order valence-corrected chi connectivity index (χ3v) is 3.82. The summed E-state index contributed by atoms with van der Waals surface area (Å²) in [4.78, 5) is 11.3. The topological polar surface area (TPSA) is 29.0 Å². The Balaban J connectivity index is 2.11. The molecule has 1 aromatic rings. The Morgan fingerprint density at radius 3 is 2.38 bits per heavy atom. The summed E-state index contributed by atoms with van der Waals surface area (Å²) in [7, 11) is 0. The summed E-state index contributed by atoms with van der Waals surface area (Å²) in [6.45, 7) is 4.21. The van der Waals surface area contributed by atoms with Gasteiger partial charge in [-0.25, -0.2) is 9.97 Å². The van der Waals surface area contributed by atoms with Crippen molar-refractivity contribution in [1.29, 1.82) is 0 Å². The number of rotatable bonds is 1. The third-order valence-electron chi connectivity index (χ3n) is 3.05. The van der Waals surface area contributed by atoms with Gasteiger partial charge in [0.15, 0.2) is 0 Å². The molecule has 0 aliphatic carbocycles. The van der Waals surface area contributed by atoms with E-state index in [1.807, 2.05) is 13.1 Å². The van der Waals surface area contributed by atoms with Crippen LogP contribution in [0.25, 0.3) is 0 Å². The van der Waals surface area contributed by atoms with Crippen LogP contribution in [0, 0.1) is 6.92 Å². The molecule has 2 heterocycles. The molecule has 0 spiro atoms. The molecule has 2 rings (SSSR count). The fourth-order valence-electron chi connectivity index (χ4n) is 2.04. The van der Waals surface area contributed by atoms with Gasteiger partial charge in [0.1, 0.15) is 0 Å². The van der Waals surface area contributed by atoms with Gasteiger partial charge in [-0.15, -0.1) is 0 Å². The van der Waals surface area contributed by atoms with Gasteiger partial charge in [0.25, 0.3) is 0 Å². The van der Waals surface area contributed by atoms with Gasteiger partial charge in [-0.2, -0.15) is 0 Å². The minimum absolute atomic E-state index is 0.891. The van der Waals surface area contributed by atoms with Crippen LogP contribution in [0.5, 0.6) is 0 Å². The lowest BCUT2D eigenvalue weighted by atomic mass is 10.1. The van der Waals surface area contributed by atoms with Crippen molar-refractivity contribution >= 4 is 21.9 Å². The van der Waals surface area contributed by atoms with E-state index in [2.05, 4.69) is 30.8 Å². The second-order valence-electron chi connectivity index (χ2n) is 4.36. The van der Waals surface area contributed by atoms with E-state index in [4.69, 9.17) is 0 Å². The van der Waals surface area contributed by atoms with Crippen LogP contribution in [-0.4, -0.2) is 23.1 Å². The van der Waals surface area contributed by atoms with Crippen molar-refractivity contribution in [2.75, 3.05) is 18.0 Å². The molecule has 0 saturated carbocycles. The molecule has 4 heteroatoms. The highest BCUT2D eigenvalue weighted by Gasteiger charge is 2.12. The summed E-state index contributed by atoms with van der Waals surface area (Å²) in [5.41, 5.74) is 1.02. The predicted molar refractivity (Wildman–Crippen MR) is 69.8 cm³/mol. The summed E-state index contributed by atoms with van der Waals surface area (Å²) in [5.74, 6) is 0.891. The molecule has 1 aliphatic heterocycles. The van der Waals surface area contributed by atoms with Crippen LogP contribution >= 0.6 is 15.9 Å². The average Bonchev–Trinajstić information content (AvgIpc) is 2.22. The first-order valence-corrected chi connectivity index (χ1v) is 6.81. The quantitative estimate of drug-likeness (QED) is 0.792. The first-order valence-electron chi connectivity index (χ1n) is 6.01. The van der Waals surface area contributed by atoms with E-state index in [1.165, 1.54) is 32.1 Å². The van der Waals surface area contributed by atoms with Crippen molar-refractivity contribution in [2.24, 2.45) is 0 Å². The van der Waals surface area contributed by atoms with Gasteiger partial charge in [-0.05, 0) is 35.7 Å². The van der Waals surface area contributed by atoms with Crippen molar-refractivity contribution in [3.63, 3.8) is 0 Å². The number of aromatic nitrogens is 2. The molecule has 0 N–H and O–H groups in total. The Bertz CT molecular complexity index is 346. The monoisotopic (exact) mass is 283 g/mol. The van der Waals surface area contributed by atoms with Crippen molar-refractivity contribution < 1.29 is 0 Å². The lowest BCUT2D eigenvalue weighted by Crippen LogP contribution is -2.28. The molecule has 16 heavy (non-hydrogen) atoms. The first-order chi connectivity index (χ1) is 7.77. The number of hydrogen-bond acceptors (Lipinski definition) is 3. The number of aryl methyl sites for hydroxylation is 1. The van der Waals surface area contributed by atoms with Gasteiger partial charge < -0.3 is 4.90 Å². The van der Waals surface area contributed by atoms with Crippen LogP contribution in [-0.2, 0) is 0 Å². The summed E-state index contributed by atoms with van der Waals surface area (Å²) in [6.07, 6.45) is 8.44. The van der Waals surface area contributed by atoms with E-state index in [0.717, 1.165) is 29.2 Å². The summed E-state index contributed by atoms with van der Waals surface area (Å²) in [6, 6.07) is 0. The summed E-state index contributed by atoms with van der Waals surface area (Å²) in [5, 5.41) is 0. The van der Waals surface area contributed by atoms with Crippen LogP contribution in [0.4, 0.5) is 5.95 Å². The molecule has 1 aliphatic rings. The second kappa shape index (κ2) is 5.62. The molecular weight excluding hydrogens is 266 g/mol. The molecule has 1 saturated heterocycles. The third kappa shape index (κ3) is 2.94. The molecule has 1 fully saturated rings. The van der Waals surface area contributed by atoms with Crippen LogP contribution in [0.2, 0.25) is 0 Å². The Kier molecular flexibility index (Phi) is 4.16. The highest BCUT2D eigenvalue weighted by atomic mass is 79.9. The average molecular weight is 284 g/mol. The zero-order valence-electron chi connectivity index (χ0n) is 9.75. The van der Waals surface area contributed by atoms with Gasteiger partial charge in [-0.1, -0.05) is 19.3 Å². The number of anilines is 1. The van der Waals surface area contributed by atoms with Crippen molar-refractivity contribution in [2.45, 2.75) is 39.0 Å². The van der Waals surface area contributed by atoms with Crippen LogP contribution < -0.4 is 4.90 Å². The lowest BCUT2D eigenvalue weighted by molar-refractivity contribution is 0.550. The smallest absolute Gasteiger partial charge is 0.225 e. The van der Waals surface area contributed by atoms with E-state index < -0.39 is 0 Å². The highest BCUT2D eigenvalue weighted by molar-refractivity contribution is 9.10. The lowest BCUT2D eigenvalue weighted by Gasteiger charge is -2.24. The summed E-state index contributed by atoms with van der Waals surface area (Å²) < 4.78 is 0.989. The van der Waals surface area contributed by atoms with Gasteiger partial charge in [0.05, 0.1) is 10.2 Å². The molecule has 0 aromatic carbocycles. The highest BCUT2D eigenvalue weighted by Crippen LogP contribution is 2.18. The van der Waals surface area contributed by atoms with Gasteiger partial charge in [0, 0.05) is 19.3 Å². The Hall–Kier alpha value is -0.640. The molecular formula is C12H18BrN3. The Labute approximate surface area is 105 Å². The fraction of sp³-hybridized carbons (Fsp3) is 0.667. The van der Waals surface area contributed by atoms with Crippen molar-refractivity contribution in [3.05, 3.63) is 16.4 Å². The minimum Gasteiger partial charge on any atom is -0.341 e. The summed E-state index contributed by atoms with van der Waals surface area (Å²) >= 11 is 3.44. The molecule has 88 valence electrons. The maximum Gasteiger partial charge on any atom is 0.225 e. The SMILES string of the molecule is Cc1nc(N2CCCCCCC2)ncc1Br. The standard InChI is InChI=1S/C12H18BrN3/c1-10-11(13)9-14-12(15-10)16-7-5-3-2-4-6-8-16/h9H,2-8H2,1H3. The van der Waals surface area contributed by atoms with E-state index >= 15 is 0 Å². The van der Waals surface area contributed by atoms with Gasteiger partial charge in [0.2, 0.25) is 5.95 Å². The minimum atomic E-state index is 0.891. The largest absolute Gasteiger partial charge is 0.341 e. The molecule has 0 unspecified atom stereocenters. The molecule has 0 bridgehead atoms. The van der Waals surface area contributed by atoms with Crippen molar-refractivity contribution in [3.8, 4) is 0 Å². The second-order valence-corrected chi connectivity index (χ2v) is 5.21. The molecule has 3 nitrogen and oxygen atoms in total. The van der Waals surface area contributed by atoms with Crippen LogP contribution in [0.1, 0.15) is 37.8 Å². The van der Waals surface area contributed by atoms with Crippen LogP contribution in [0.3, 0.4) is 0 Å². The van der Waals surface area contributed by atoms with Crippen molar-refractivity contribution in [1.82, 2.24) is 9.97 Å². The van der Waals surface area contributed by atoms with E-state index in [1.54, 1.807) is 0 Å². The van der Waals surface area contributed by atoms with Gasteiger partial charge in [-0.3, -0.25) is 0 Å². The first kappa shape index (κ1) is 11.8. The van der Waals surface area contributed by atoms with Crippen LogP contribution in [0.15, 0.2) is 10.7 Å². The van der Waals surface area contributed by atoms with E-state index in [0.29, 0.717) is 0 Å². The number of nitrogens with zero attached hydrogens (tertiary/aromatic N) is 3. The van der Waals surface area contributed by atoms with E-state index in [9.17, 15) is 0 Å². The number of hydrogen-bond donors (Lipinski definition) is 0. The Morgan fingerprint density at radius 1 is 1.12 bits per heavy atom. The molecule has 1 aromatic heterocycles. The number of halogens is 1. The van der Waals surface area contributed by atoms with E-state index in [-0.39, 0.29) is 0 Å².